The molecule has 54 valence electrons. The van der Waals surface area contributed by atoms with Crippen molar-refractivity contribution in [3.05, 3.63) is 28.5 Å². The molecule has 3 heteroatoms. The van der Waals surface area contributed by atoms with Crippen LogP contribution in [0.5, 0.6) is 0 Å². The lowest BCUT2D eigenvalue weighted by atomic mass is 10.2. The molecule has 0 bridgehead atoms. The zero-order valence-electron chi connectivity index (χ0n) is 5.79. The minimum Gasteiger partial charge on any atom is -0.353 e. The number of aromatic nitrogens is 1. The zero-order chi connectivity index (χ0) is 7.56. The van der Waals surface area contributed by atoms with Gasteiger partial charge in [0.25, 0.3) is 0 Å². The summed E-state index contributed by atoms with van der Waals surface area (Å²) in [5, 5.41) is 0. The van der Waals surface area contributed by atoms with Gasteiger partial charge in [-0.3, -0.25) is 0 Å². The number of aromatic amines is 1. The summed E-state index contributed by atoms with van der Waals surface area (Å²) in [7, 11) is 0. The highest BCUT2D eigenvalue weighted by Gasteiger charge is 1.95. The van der Waals surface area contributed by atoms with Crippen molar-refractivity contribution < 1.29 is 0 Å². The minimum atomic E-state index is 0.0758. The monoisotopic (exact) mass is 154 g/mol. The van der Waals surface area contributed by atoms with Crippen molar-refractivity contribution in [2.45, 2.75) is 13.0 Å². The molecule has 0 aromatic carbocycles. The maximum atomic E-state index is 5.61. The third-order valence-electron chi connectivity index (χ3n) is 1.33. The van der Waals surface area contributed by atoms with Crippen LogP contribution in [0.2, 0.25) is 0 Å². The van der Waals surface area contributed by atoms with Crippen molar-refractivity contribution in [2.75, 3.05) is 0 Å². The number of H-pyrrole nitrogens is 1. The number of hydrogen-bond donors (Lipinski definition) is 2. The molecule has 0 amide bonds. The zero-order valence-corrected chi connectivity index (χ0v) is 6.61. The lowest BCUT2D eigenvalue weighted by Crippen LogP contribution is -2.04. The third-order valence-corrected chi connectivity index (χ3v) is 1.59. The maximum absolute atomic E-state index is 5.61. The van der Waals surface area contributed by atoms with Crippen LogP contribution in [0.1, 0.15) is 18.5 Å². The van der Waals surface area contributed by atoms with Crippen LogP contribution in [0.15, 0.2) is 18.3 Å². The SMILES string of the molecule is C[C@@H](N)c1ccc(=S)[nH]c1. The molecule has 1 aromatic rings. The summed E-state index contributed by atoms with van der Waals surface area (Å²) in [4.78, 5) is 2.92. The normalized spacial score (nSPS) is 13.0. The van der Waals surface area contributed by atoms with Gasteiger partial charge in [-0.25, -0.2) is 0 Å². The fourth-order valence-electron chi connectivity index (χ4n) is 0.706. The van der Waals surface area contributed by atoms with Gasteiger partial charge in [0.1, 0.15) is 4.64 Å². The van der Waals surface area contributed by atoms with Crippen LogP contribution in [0.25, 0.3) is 0 Å². The van der Waals surface area contributed by atoms with E-state index in [1.165, 1.54) is 0 Å². The predicted molar refractivity (Wildman–Crippen MR) is 44.2 cm³/mol. The molecule has 0 spiro atoms. The van der Waals surface area contributed by atoms with Crippen molar-refractivity contribution in [3.63, 3.8) is 0 Å². The van der Waals surface area contributed by atoms with Gasteiger partial charge in [0.05, 0.1) is 0 Å². The molecule has 0 radical (unpaired) electrons. The summed E-state index contributed by atoms with van der Waals surface area (Å²) >= 11 is 4.86. The molecule has 0 aliphatic carbocycles. The third kappa shape index (κ3) is 1.65. The quantitative estimate of drug-likeness (QED) is 0.605. The second-order valence-corrected chi connectivity index (χ2v) is 2.71. The number of hydrogen-bond acceptors (Lipinski definition) is 2. The van der Waals surface area contributed by atoms with Crippen molar-refractivity contribution in [2.24, 2.45) is 5.73 Å². The number of pyridine rings is 1. The summed E-state index contributed by atoms with van der Waals surface area (Å²) in [5.41, 5.74) is 6.69. The van der Waals surface area contributed by atoms with E-state index in [2.05, 4.69) is 4.98 Å². The number of nitrogens with two attached hydrogens (primary N) is 1. The fraction of sp³-hybridized carbons (Fsp3) is 0.286. The molecule has 1 heterocycles. The Hall–Kier alpha value is -0.670. The lowest BCUT2D eigenvalue weighted by Gasteiger charge is -2.02. The van der Waals surface area contributed by atoms with Crippen molar-refractivity contribution in [1.82, 2.24) is 4.98 Å². The lowest BCUT2D eigenvalue weighted by molar-refractivity contribution is 0.811. The van der Waals surface area contributed by atoms with Crippen molar-refractivity contribution in [1.29, 1.82) is 0 Å². The van der Waals surface area contributed by atoms with Crippen LogP contribution >= 0.6 is 12.2 Å². The molecule has 0 aliphatic heterocycles. The first-order valence-corrected chi connectivity index (χ1v) is 3.55. The van der Waals surface area contributed by atoms with E-state index in [1.807, 2.05) is 25.3 Å². The van der Waals surface area contributed by atoms with Gasteiger partial charge in [-0.05, 0) is 18.6 Å². The Labute approximate surface area is 65.1 Å². The van der Waals surface area contributed by atoms with Gasteiger partial charge in [0.15, 0.2) is 0 Å². The van der Waals surface area contributed by atoms with Crippen LogP contribution < -0.4 is 5.73 Å². The summed E-state index contributed by atoms with van der Waals surface area (Å²) in [5.74, 6) is 0. The minimum absolute atomic E-state index is 0.0758. The van der Waals surface area contributed by atoms with E-state index in [-0.39, 0.29) is 6.04 Å². The smallest absolute Gasteiger partial charge is 0.103 e. The molecule has 1 aromatic heterocycles. The first-order chi connectivity index (χ1) is 4.70. The van der Waals surface area contributed by atoms with Crippen LogP contribution in [-0.4, -0.2) is 4.98 Å². The predicted octanol–water partition coefficient (Wildman–Crippen LogP) is 1.76. The van der Waals surface area contributed by atoms with E-state index >= 15 is 0 Å². The van der Waals surface area contributed by atoms with E-state index < -0.39 is 0 Å². The highest BCUT2D eigenvalue weighted by molar-refractivity contribution is 7.71. The van der Waals surface area contributed by atoms with Gasteiger partial charge in [-0.2, -0.15) is 0 Å². The van der Waals surface area contributed by atoms with Gasteiger partial charge >= 0.3 is 0 Å². The molecule has 0 saturated carbocycles. The summed E-state index contributed by atoms with van der Waals surface area (Å²) < 4.78 is 0.740. The Bertz CT molecular complexity index is 244. The molecule has 3 N–H and O–H groups in total. The van der Waals surface area contributed by atoms with Gasteiger partial charge in [-0.1, -0.05) is 18.3 Å². The standard InChI is InChI=1S/C7H10N2S/c1-5(8)6-2-3-7(10)9-4-6/h2-5H,8H2,1H3,(H,9,10)/t5-/m1/s1. The summed E-state index contributed by atoms with van der Waals surface area (Å²) in [6.07, 6.45) is 1.84. The summed E-state index contributed by atoms with van der Waals surface area (Å²) in [6.45, 7) is 1.94. The molecule has 0 saturated heterocycles. The first-order valence-electron chi connectivity index (χ1n) is 3.14. The highest BCUT2D eigenvalue weighted by atomic mass is 32.1. The van der Waals surface area contributed by atoms with Crippen molar-refractivity contribution >= 4 is 12.2 Å². The van der Waals surface area contributed by atoms with E-state index in [0.29, 0.717) is 0 Å². The van der Waals surface area contributed by atoms with Gasteiger partial charge in [-0.15, -0.1) is 0 Å². The molecule has 1 rings (SSSR count). The molecule has 0 aliphatic rings. The summed E-state index contributed by atoms with van der Waals surface area (Å²) in [6, 6.07) is 3.85. The van der Waals surface area contributed by atoms with E-state index in [4.69, 9.17) is 18.0 Å². The average molecular weight is 154 g/mol. The van der Waals surface area contributed by atoms with Crippen LogP contribution in [0, 0.1) is 4.64 Å². The molecule has 0 unspecified atom stereocenters. The Morgan fingerprint density at radius 2 is 2.30 bits per heavy atom. The van der Waals surface area contributed by atoms with Gasteiger partial charge < -0.3 is 10.7 Å². The first kappa shape index (κ1) is 7.44. The van der Waals surface area contributed by atoms with Crippen LogP contribution in [-0.2, 0) is 0 Å². The van der Waals surface area contributed by atoms with Crippen LogP contribution in [0.4, 0.5) is 0 Å². The van der Waals surface area contributed by atoms with Crippen molar-refractivity contribution in [3.8, 4) is 0 Å². The molecule has 0 fully saturated rings. The Morgan fingerprint density at radius 3 is 2.70 bits per heavy atom. The molecule has 10 heavy (non-hydrogen) atoms. The molecular formula is C7H10N2S. The second-order valence-electron chi connectivity index (χ2n) is 2.27. The van der Waals surface area contributed by atoms with E-state index in [9.17, 15) is 0 Å². The van der Waals surface area contributed by atoms with Gasteiger partial charge in [0.2, 0.25) is 0 Å². The number of nitrogens with one attached hydrogen (secondary N) is 1. The maximum Gasteiger partial charge on any atom is 0.103 e. The fourth-order valence-corrected chi connectivity index (χ4v) is 0.833. The highest BCUT2D eigenvalue weighted by Crippen LogP contribution is 2.05. The van der Waals surface area contributed by atoms with Crippen LogP contribution in [0.3, 0.4) is 0 Å². The van der Waals surface area contributed by atoms with E-state index in [1.54, 1.807) is 0 Å². The topological polar surface area (TPSA) is 41.8 Å². The average Bonchev–Trinajstić information content (AvgIpc) is 1.88. The Balaban J connectivity index is 3.00. The second kappa shape index (κ2) is 2.94. The Kier molecular flexibility index (Phi) is 2.19. The molecular weight excluding hydrogens is 144 g/mol. The van der Waals surface area contributed by atoms with E-state index in [0.717, 1.165) is 10.2 Å². The Morgan fingerprint density at radius 1 is 1.60 bits per heavy atom. The molecule has 2 nitrogen and oxygen atoms in total. The number of rotatable bonds is 1. The molecule has 1 atom stereocenters. The van der Waals surface area contributed by atoms with Gasteiger partial charge in [0, 0.05) is 12.2 Å². The largest absolute Gasteiger partial charge is 0.353 e.